The van der Waals surface area contributed by atoms with Gasteiger partial charge in [-0.2, -0.15) is 0 Å². The molecule has 3 aliphatic rings. The first-order chi connectivity index (χ1) is 4.83. The van der Waals surface area contributed by atoms with E-state index in [0.717, 1.165) is 19.4 Å². The minimum Gasteiger partial charge on any atom is -0.456 e. The molecule has 10 heavy (non-hydrogen) atoms. The number of hydrogen-bond donors (Lipinski definition) is 0. The van der Waals surface area contributed by atoms with Crippen molar-refractivity contribution in [2.75, 3.05) is 6.61 Å². The van der Waals surface area contributed by atoms with Gasteiger partial charge >= 0.3 is 5.97 Å². The van der Waals surface area contributed by atoms with Crippen LogP contribution in [0.4, 0.5) is 0 Å². The fourth-order valence-corrected chi connectivity index (χ4v) is 2.28. The molecule has 0 radical (unpaired) electrons. The molecule has 0 aromatic carbocycles. The van der Waals surface area contributed by atoms with Crippen LogP contribution < -0.4 is 0 Å². The van der Waals surface area contributed by atoms with Gasteiger partial charge in [0.2, 0.25) is 5.60 Å². The maximum atomic E-state index is 10.9. The zero-order valence-corrected chi connectivity index (χ0v) is 5.50. The highest BCUT2D eigenvalue weighted by Crippen LogP contribution is 2.52. The van der Waals surface area contributed by atoms with Crippen molar-refractivity contribution in [1.29, 1.82) is 0 Å². The van der Waals surface area contributed by atoms with Crippen molar-refractivity contribution in [2.45, 2.75) is 24.5 Å². The van der Waals surface area contributed by atoms with Gasteiger partial charge in [-0.05, 0) is 12.8 Å². The molecule has 0 amide bonds. The Balaban J connectivity index is 2.08. The van der Waals surface area contributed by atoms with Gasteiger partial charge in [0.25, 0.3) is 0 Å². The smallest absolute Gasteiger partial charge is 0.342 e. The average molecular weight is 140 g/mol. The fraction of sp³-hybridized carbons (Fsp3) is 0.857. The number of carbonyl (C=O) groups is 1. The summed E-state index contributed by atoms with van der Waals surface area (Å²) in [5.41, 5.74) is -0.454. The van der Waals surface area contributed by atoms with Crippen molar-refractivity contribution >= 4 is 5.97 Å². The third-order valence-electron chi connectivity index (χ3n) is 2.91. The molecule has 3 nitrogen and oxygen atoms in total. The van der Waals surface area contributed by atoms with E-state index in [4.69, 9.17) is 9.47 Å². The molecule has 0 spiro atoms. The molecule has 3 atom stereocenters. The lowest BCUT2D eigenvalue weighted by Crippen LogP contribution is -2.58. The first kappa shape index (κ1) is 5.13. The fourth-order valence-electron chi connectivity index (χ4n) is 2.28. The molecular formula is C7H8O3. The summed E-state index contributed by atoms with van der Waals surface area (Å²) in [4.78, 5) is 10.9. The summed E-state index contributed by atoms with van der Waals surface area (Å²) < 4.78 is 10.4. The van der Waals surface area contributed by atoms with Crippen LogP contribution >= 0.6 is 0 Å². The van der Waals surface area contributed by atoms with Gasteiger partial charge in [-0.25, -0.2) is 4.79 Å². The highest BCUT2D eigenvalue weighted by atomic mass is 16.7. The summed E-state index contributed by atoms with van der Waals surface area (Å²) in [5, 5.41) is 0. The molecule has 0 aromatic rings. The Morgan fingerprint density at radius 3 is 2.90 bits per heavy atom. The molecule has 3 fully saturated rings. The number of carbonyl (C=O) groups excluding carboxylic acids is 1. The SMILES string of the molecule is O=C1OC2C3CCC12OC3. The van der Waals surface area contributed by atoms with E-state index in [1.54, 1.807) is 0 Å². The minimum atomic E-state index is -0.454. The van der Waals surface area contributed by atoms with Crippen LogP contribution in [-0.4, -0.2) is 24.3 Å². The third kappa shape index (κ3) is 0.311. The Kier molecular flexibility index (Phi) is 0.632. The third-order valence-corrected chi connectivity index (χ3v) is 2.91. The second-order valence-electron chi connectivity index (χ2n) is 3.33. The van der Waals surface area contributed by atoms with Crippen LogP contribution in [0.2, 0.25) is 0 Å². The number of ether oxygens (including phenoxy) is 2. The first-order valence-electron chi connectivity index (χ1n) is 3.68. The normalized spacial score (nSPS) is 55.8. The average Bonchev–Trinajstić information content (AvgIpc) is 2.40. The lowest BCUT2D eigenvalue weighted by molar-refractivity contribution is -0.214. The minimum absolute atomic E-state index is 0.125. The van der Waals surface area contributed by atoms with Crippen LogP contribution in [0.15, 0.2) is 0 Å². The quantitative estimate of drug-likeness (QED) is 0.447. The lowest BCUT2D eigenvalue weighted by atomic mass is 9.94. The summed E-state index contributed by atoms with van der Waals surface area (Å²) in [6.45, 7) is 0.733. The van der Waals surface area contributed by atoms with Crippen molar-refractivity contribution in [3.8, 4) is 0 Å². The molecule has 54 valence electrons. The number of rotatable bonds is 0. The molecule has 0 N–H and O–H groups in total. The molecule has 2 saturated heterocycles. The molecular weight excluding hydrogens is 132 g/mol. The Morgan fingerprint density at radius 2 is 2.50 bits per heavy atom. The van der Waals surface area contributed by atoms with Crippen LogP contribution in [0.25, 0.3) is 0 Å². The number of esters is 1. The van der Waals surface area contributed by atoms with Gasteiger partial charge in [-0.3, -0.25) is 0 Å². The molecule has 1 aliphatic carbocycles. The van der Waals surface area contributed by atoms with Crippen LogP contribution in [0.1, 0.15) is 12.8 Å². The zero-order valence-electron chi connectivity index (χ0n) is 5.50. The van der Waals surface area contributed by atoms with Crippen LogP contribution in [0, 0.1) is 5.92 Å². The van der Waals surface area contributed by atoms with Crippen molar-refractivity contribution in [2.24, 2.45) is 5.92 Å². The van der Waals surface area contributed by atoms with Gasteiger partial charge in [-0.15, -0.1) is 0 Å². The summed E-state index contributed by atoms with van der Waals surface area (Å²) >= 11 is 0. The van der Waals surface area contributed by atoms with E-state index in [1.165, 1.54) is 0 Å². The van der Waals surface area contributed by atoms with E-state index in [-0.39, 0.29) is 12.1 Å². The Labute approximate surface area is 58.3 Å². The lowest BCUT2D eigenvalue weighted by Gasteiger charge is -2.37. The van der Waals surface area contributed by atoms with Crippen LogP contribution in [-0.2, 0) is 14.3 Å². The van der Waals surface area contributed by atoms with Gasteiger partial charge in [0, 0.05) is 5.92 Å². The monoisotopic (exact) mass is 140 g/mol. The molecule has 2 heterocycles. The summed E-state index contributed by atoms with van der Waals surface area (Å²) in [7, 11) is 0. The largest absolute Gasteiger partial charge is 0.456 e. The highest BCUT2D eigenvalue weighted by molar-refractivity contribution is 5.87. The van der Waals surface area contributed by atoms with E-state index in [2.05, 4.69) is 0 Å². The molecule has 2 aliphatic heterocycles. The maximum Gasteiger partial charge on any atom is 0.342 e. The first-order valence-corrected chi connectivity index (χ1v) is 3.68. The van der Waals surface area contributed by atoms with Gasteiger partial charge < -0.3 is 9.47 Å². The Morgan fingerprint density at radius 1 is 1.60 bits per heavy atom. The second-order valence-corrected chi connectivity index (χ2v) is 3.33. The molecule has 1 saturated carbocycles. The van der Waals surface area contributed by atoms with Crippen molar-refractivity contribution in [1.82, 2.24) is 0 Å². The van der Waals surface area contributed by atoms with Gasteiger partial charge in [0.15, 0.2) is 0 Å². The molecule has 2 bridgehead atoms. The van der Waals surface area contributed by atoms with Crippen molar-refractivity contribution in [3.05, 3.63) is 0 Å². The van der Waals surface area contributed by atoms with Crippen molar-refractivity contribution in [3.63, 3.8) is 0 Å². The summed E-state index contributed by atoms with van der Waals surface area (Å²) in [5.74, 6) is 0.384. The Bertz CT molecular complexity index is 203. The Hall–Kier alpha value is -0.570. The van der Waals surface area contributed by atoms with Gasteiger partial charge in [0.1, 0.15) is 6.10 Å². The van der Waals surface area contributed by atoms with E-state index in [1.807, 2.05) is 0 Å². The van der Waals surface area contributed by atoms with E-state index >= 15 is 0 Å². The van der Waals surface area contributed by atoms with E-state index < -0.39 is 5.60 Å². The number of hydrogen-bond acceptors (Lipinski definition) is 3. The topological polar surface area (TPSA) is 35.5 Å². The molecule has 3 heteroatoms. The van der Waals surface area contributed by atoms with Crippen LogP contribution in [0.3, 0.4) is 0 Å². The summed E-state index contributed by atoms with van der Waals surface area (Å²) in [6, 6.07) is 0. The van der Waals surface area contributed by atoms with Crippen molar-refractivity contribution < 1.29 is 14.3 Å². The highest BCUT2D eigenvalue weighted by Gasteiger charge is 2.70. The molecule has 3 unspecified atom stereocenters. The van der Waals surface area contributed by atoms with Crippen LogP contribution in [0.5, 0.6) is 0 Å². The zero-order chi connectivity index (χ0) is 6.77. The predicted molar refractivity (Wildman–Crippen MR) is 31.3 cm³/mol. The predicted octanol–water partition coefficient (Wildman–Crippen LogP) is 0.0908. The molecule has 3 rings (SSSR count). The maximum absolute atomic E-state index is 10.9. The van der Waals surface area contributed by atoms with E-state index in [0.29, 0.717) is 5.92 Å². The second kappa shape index (κ2) is 1.23. The standard InChI is InChI=1S/C7H8O3/c8-6-7-2-1-4(3-9-7)5(7)10-6/h4-5H,1-3H2. The van der Waals surface area contributed by atoms with E-state index in [9.17, 15) is 4.79 Å². The van der Waals surface area contributed by atoms with Gasteiger partial charge in [0.05, 0.1) is 6.61 Å². The van der Waals surface area contributed by atoms with Gasteiger partial charge in [-0.1, -0.05) is 0 Å². The summed E-state index contributed by atoms with van der Waals surface area (Å²) in [6.07, 6.45) is 2.12. The molecule has 0 aromatic heterocycles.